The van der Waals surface area contributed by atoms with Crippen LogP contribution in [0.1, 0.15) is 37.5 Å². The summed E-state index contributed by atoms with van der Waals surface area (Å²) in [7, 11) is 1.89. The first-order chi connectivity index (χ1) is 8.66. The summed E-state index contributed by atoms with van der Waals surface area (Å²) in [6, 6.07) is 4.90. The molecule has 1 heterocycles. The van der Waals surface area contributed by atoms with E-state index in [1.807, 2.05) is 11.9 Å². The Morgan fingerprint density at radius 1 is 1.56 bits per heavy atom. The summed E-state index contributed by atoms with van der Waals surface area (Å²) >= 11 is 1.75. The van der Waals surface area contributed by atoms with Crippen LogP contribution in [0.3, 0.4) is 0 Å². The van der Waals surface area contributed by atoms with Crippen LogP contribution in [0.5, 0.6) is 0 Å². The number of carbonyl (C=O) groups is 1. The van der Waals surface area contributed by atoms with Crippen molar-refractivity contribution in [3.63, 3.8) is 0 Å². The lowest BCUT2D eigenvalue weighted by molar-refractivity contribution is 0.190. The minimum atomic E-state index is 0.0750. The van der Waals surface area contributed by atoms with E-state index in [9.17, 15) is 4.79 Å². The molecular weight excluding hydrogens is 244 g/mol. The van der Waals surface area contributed by atoms with Crippen LogP contribution in [-0.4, -0.2) is 30.1 Å². The van der Waals surface area contributed by atoms with Gasteiger partial charge in [-0.15, -0.1) is 11.3 Å². The minimum Gasteiger partial charge on any atom is -0.335 e. The molecule has 1 aromatic heterocycles. The number of thiophene rings is 1. The third kappa shape index (κ3) is 3.48. The molecule has 1 unspecified atom stereocenters. The van der Waals surface area contributed by atoms with Crippen LogP contribution in [0, 0.1) is 0 Å². The summed E-state index contributed by atoms with van der Waals surface area (Å²) in [6.07, 6.45) is 5.71. The molecule has 100 valence electrons. The summed E-state index contributed by atoms with van der Waals surface area (Å²) in [5, 5.41) is 5.21. The number of carbonyl (C=O) groups excluding carboxylic acids is 1. The molecule has 2 rings (SSSR count). The molecule has 18 heavy (non-hydrogen) atoms. The van der Waals surface area contributed by atoms with Crippen molar-refractivity contribution in [1.29, 1.82) is 0 Å². The second kappa shape index (κ2) is 6.23. The first-order valence-electron chi connectivity index (χ1n) is 6.72. The fraction of sp³-hybridized carbons (Fsp3) is 0.643. The van der Waals surface area contributed by atoms with E-state index < -0.39 is 0 Å². The summed E-state index contributed by atoms with van der Waals surface area (Å²) < 4.78 is 0. The molecule has 1 aliphatic carbocycles. The van der Waals surface area contributed by atoms with E-state index in [1.54, 1.807) is 11.3 Å². The molecule has 1 aromatic rings. The molecule has 0 bridgehead atoms. The average molecular weight is 266 g/mol. The van der Waals surface area contributed by atoms with Crippen LogP contribution in [-0.2, 0) is 6.42 Å². The smallest absolute Gasteiger partial charge is 0.317 e. The molecule has 0 aliphatic heterocycles. The number of likely N-dealkylation sites (N-methyl/N-ethyl adjacent to an activating group) is 1. The molecule has 1 aliphatic rings. The summed E-state index contributed by atoms with van der Waals surface area (Å²) in [5.41, 5.74) is 0. The van der Waals surface area contributed by atoms with Crippen molar-refractivity contribution in [1.82, 2.24) is 10.2 Å². The zero-order valence-electron chi connectivity index (χ0n) is 11.2. The molecule has 4 heteroatoms. The lowest BCUT2D eigenvalue weighted by atomic mass is 10.2. The Hall–Kier alpha value is -1.03. The first-order valence-corrected chi connectivity index (χ1v) is 7.60. The zero-order valence-corrected chi connectivity index (χ0v) is 12.0. The van der Waals surface area contributed by atoms with E-state index in [0.717, 1.165) is 19.3 Å². The van der Waals surface area contributed by atoms with Crippen LogP contribution in [0.25, 0.3) is 0 Å². The Morgan fingerprint density at radius 2 is 2.28 bits per heavy atom. The van der Waals surface area contributed by atoms with Crippen molar-refractivity contribution in [3.05, 3.63) is 22.4 Å². The Bertz CT molecular complexity index is 371. The maximum absolute atomic E-state index is 12.1. The van der Waals surface area contributed by atoms with Crippen molar-refractivity contribution in [2.24, 2.45) is 0 Å². The molecule has 1 atom stereocenters. The Balaban J connectivity index is 1.81. The van der Waals surface area contributed by atoms with Gasteiger partial charge in [0.25, 0.3) is 0 Å². The zero-order chi connectivity index (χ0) is 13.0. The predicted molar refractivity (Wildman–Crippen MR) is 76.0 cm³/mol. The number of hydrogen-bond acceptors (Lipinski definition) is 2. The topological polar surface area (TPSA) is 32.3 Å². The Morgan fingerprint density at radius 3 is 2.89 bits per heavy atom. The fourth-order valence-corrected chi connectivity index (χ4v) is 3.23. The largest absolute Gasteiger partial charge is 0.335 e. The monoisotopic (exact) mass is 266 g/mol. The second-order valence-corrected chi connectivity index (χ2v) is 6.21. The molecule has 0 spiro atoms. The summed E-state index contributed by atoms with van der Waals surface area (Å²) in [6.45, 7) is 2.11. The van der Waals surface area contributed by atoms with E-state index in [-0.39, 0.29) is 12.1 Å². The standard InChI is InChI=1S/C14H22N2OS/c1-11(10-13-8-5-9-18-13)16(2)14(17)15-12-6-3-4-7-12/h5,8-9,11-12H,3-4,6-7,10H2,1-2H3,(H,15,17). The highest BCUT2D eigenvalue weighted by molar-refractivity contribution is 7.09. The molecular formula is C14H22N2OS. The van der Waals surface area contributed by atoms with Crippen molar-refractivity contribution < 1.29 is 4.79 Å². The normalized spacial score (nSPS) is 17.7. The van der Waals surface area contributed by atoms with Gasteiger partial charge in [0.1, 0.15) is 0 Å². The van der Waals surface area contributed by atoms with Crippen LogP contribution in [0.15, 0.2) is 17.5 Å². The molecule has 0 aromatic carbocycles. The number of amides is 2. The summed E-state index contributed by atoms with van der Waals surface area (Å²) in [5.74, 6) is 0. The van der Waals surface area contributed by atoms with E-state index in [0.29, 0.717) is 6.04 Å². The van der Waals surface area contributed by atoms with Gasteiger partial charge >= 0.3 is 6.03 Å². The number of urea groups is 1. The van der Waals surface area contributed by atoms with Gasteiger partial charge in [0.2, 0.25) is 0 Å². The van der Waals surface area contributed by atoms with Gasteiger partial charge in [-0.2, -0.15) is 0 Å². The van der Waals surface area contributed by atoms with Gasteiger partial charge in [-0.3, -0.25) is 0 Å². The van der Waals surface area contributed by atoms with E-state index in [1.165, 1.54) is 17.7 Å². The van der Waals surface area contributed by atoms with Gasteiger partial charge in [0, 0.05) is 30.4 Å². The van der Waals surface area contributed by atoms with Crippen LogP contribution >= 0.6 is 11.3 Å². The van der Waals surface area contributed by atoms with Gasteiger partial charge in [-0.1, -0.05) is 18.9 Å². The highest BCUT2D eigenvalue weighted by Gasteiger charge is 2.21. The van der Waals surface area contributed by atoms with Crippen molar-refractivity contribution in [3.8, 4) is 0 Å². The number of nitrogens with one attached hydrogen (secondary N) is 1. The molecule has 2 amide bonds. The second-order valence-electron chi connectivity index (χ2n) is 5.17. The van der Waals surface area contributed by atoms with E-state index in [2.05, 4.69) is 29.8 Å². The van der Waals surface area contributed by atoms with Gasteiger partial charge in [0.15, 0.2) is 0 Å². The highest BCUT2D eigenvalue weighted by atomic mass is 32.1. The summed E-state index contributed by atoms with van der Waals surface area (Å²) in [4.78, 5) is 15.3. The molecule has 3 nitrogen and oxygen atoms in total. The Labute approximate surface area is 113 Å². The first kappa shape index (κ1) is 13.4. The fourth-order valence-electron chi connectivity index (χ4n) is 2.40. The van der Waals surface area contributed by atoms with Gasteiger partial charge < -0.3 is 10.2 Å². The van der Waals surface area contributed by atoms with Crippen molar-refractivity contribution in [2.75, 3.05) is 7.05 Å². The van der Waals surface area contributed by atoms with Gasteiger partial charge in [0.05, 0.1) is 0 Å². The van der Waals surface area contributed by atoms with Crippen molar-refractivity contribution >= 4 is 17.4 Å². The maximum Gasteiger partial charge on any atom is 0.317 e. The quantitative estimate of drug-likeness (QED) is 0.891. The molecule has 0 radical (unpaired) electrons. The molecule has 1 N–H and O–H groups in total. The SMILES string of the molecule is CC(Cc1cccs1)N(C)C(=O)NC1CCCC1. The van der Waals surface area contributed by atoms with E-state index >= 15 is 0 Å². The van der Waals surface area contributed by atoms with Gasteiger partial charge in [-0.25, -0.2) is 4.79 Å². The molecule has 0 saturated heterocycles. The third-order valence-corrected chi connectivity index (χ3v) is 4.64. The van der Waals surface area contributed by atoms with Gasteiger partial charge in [-0.05, 0) is 31.2 Å². The number of hydrogen-bond donors (Lipinski definition) is 1. The lowest BCUT2D eigenvalue weighted by Crippen LogP contribution is -2.46. The highest BCUT2D eigenvalue weighted by Crippen LogP contribution is 2.18. The van der Waals surface area contributed by atoms with Crippen LogP contribution in [0.4, 0.5) is 4.79 Å². The lowest BCUT2D eigenvalue weighted by Gasteiger charge is -2.26. The average Bonchev–Trinajstić information content (AvgIpc) is 3.01. The predicted octanol–water partition coefficient (Wildman–Crippen LogP) is 3.26. The molecule has 1 fully saturated rings. The van der Waals surface area contributed by atoms with E-state index in [4.69, 9.17) is 0 Å². The van der Waals surface area contributed by atoms with Crippen LogP contribution < -0.4 is 5.32 Å². The van der Waals surface area contributed by atoms with Crippen molar-refractivity contribution in [2.45, 2.75) is 51.1 Å². The number of rotatable bonds is 4. The maximum atomic E-state index is 12.1. The van der Waals surface area contributed by atoms with Crippen LogP contribution in [0.2, 0.25) is 0 Å². The molecule has 1 saturated carbocycles. The third-order valence-electron chi connectivity index (χ3n) is 3.74. The number of nitrogens with zero attached hydrogens (tertiary/aromatic N) is 1. The Kier molecular flexibility index (Phi) is 4.64. The minimum absolute atomic E-state index is 0.0750.